The quantitative estimate of drug-likeness (QED) is 0.745. The van der Waals surface area contributed by atoms with Gasteiger partial charge in [-0.1, -0.05) is 0 Å². The maximum absolute atomic E-state index is 12.4. The molecule has 0 aromatic rings. The van der Waals surface area contributed by atoms with Gasteiger partial charge in [-0.05, 0) is 18.8 Å². The van der Waals surface area contributed by atoms with Crippen molar-refractivity contribution in [3.63, 3.8) is 0 Å². The third kappa shape index (κ3) is 2.23. The van der Waals surface area contributed by atoms with E-state index in [1.807, 2.05) is 0 Å². The number of hydrogen-bond acceptors (Lipinski definition) is 3. The zero-order chi connectivity index (χ0) is 15.5. The topological polar surface area (TPSA) is 81.1 Å². The minimum atomic E-state index is -4.61. The Labute approximate surface area is 118 Å². The van der Waals surface area contributed by atoms with Gasteiger partial charge in [0.05, 0.1) is 24.2 Å². The third-order valence-electron chi connectivity index (χ3n) is 4.71. The summed E-state index contributed by atoms with van der Waals surface area (Å²) in [4.78, 5) is 25.3. The number of carbonyl (C=O) groups is 2. The first-order valence-corrected chi connectivity index (χ1v) is 6.74. The second-order valence-corrected chi connectivity index (χ2v) is 5.98. The van der Waals surface area contributed by atoms with Crippen LogP contribution in [0.25, 0.3) is 0 Å². The van der Waals surface area contributed by atoms with Crippen molar-refractivity contribution in [3.05, 3.63) is 0 Å². The van der Waals surface area contributed by atoms with Gasteiger partial charge in [-0.25, -0.2) is 4.79 Å². The van der Waals surface area contributed by atoms with Gasteiger partial charge in [-0.2, -0.15) is 13.2 Å². The molecule has 0 saturated carbocycles. The van der Waals surface area contributed by atoms with Crippen LogP contribution in [0.5, 0.6) is 0 Å². The van der Waals surface area contributed by atoms with Crippen LogP contribution in [0.2, 0.25) is 0 Å². The molecule has 3 aliphatic rings. The minimum Gasteiger partial charge on any atom is -0.465 e. The van der Waals surface area contributed by atoms with E-state index in [4.69, 9.17) is 0 Å². The summed E-state index contributed by atoms with van der Waals surface area (Å²) >= 11 is 0. The molecular formula is C12H15F3N2O4. The van der Waals surface area contributed by atoms with E-state index in [1.165, 1.54) is 0 Å². The van der Waals surface area contributed by atoms with Crippen LogP contribution in [0, 0.1) is 5.92 Å². The fourth-order valence-corrected chi connectivity index (χ4v) is 4.08. The number of fused-ring (bicyclic) bond motifs is 2. The number of aliphatic hydroxyl groups excluding tert-OH is 1. The molecule has 0 aromatic carbocycles. The van der Waals surface area contributed by atoms with Crippen molar-refractivity contribution in [1.29, 1.82) is 0 Å². The molecule has 6 nitrogen and oxygen atoms in total. The van der Waals surface area contributed by atoms with Crippen LogP contribution in [-0.2, 0) is 4.79 Å². The second-order valence-electron chi connectivity index (χ2n) is 5.98. The van der Waals surface area contributed by atoms with Gasteiger partial charge in [-0.3, -0.25) is 9.69 Å². The molecule has 21 heavy (non-hydrogen) atoms. The summed E-state index contributed by atoms with van der Waals surface area (Å²) in [7, 11) is 0. The first-order valence-electron chi connectivity index (χ1n) is 6.74. The van der Waals surface area contributed by atoms with E-state index in [9.17, 15) is 33.0 Å². The average Bonchev–Trinajstić information content (AvgIpc) is 2.45. The van der Waals surface area contributed by atoms with E-state index in [-0.39, 0.29) is 12.5 Å². The van der Waals surface area contributed by atoms with Crippen LogP contribution in [0.1, 0.15) is 19.3 Å². The van der Waals surface area contributed by atoms with E-state index in [2.05, 4.69) is 0 Å². The number of hydrogen-bond donors (Lipinski definition) is 2. The van der Waals surface area contributed by atoms with Crippen LogP contribution in [-0.4, -0.2) is 69.0 Å². The number of amides is 2. The van der Waals surface area contributed by atoms with E-state index in [1.54, 1.807) is 0 Å². The molecule has 0 aliphatic carbocycles. The first-order chi connectivity index (χ1) is 9.69. The van der Waals surface area contributed by atoms with Crippen molar-refractivity contribution < 1.29 is 33.0 Å². The number of rotatable bonds is 1. The number of piperidine rings is 2. The van der Waals surface area contributed by atoms with Crippen molar-refractivity contribution in [2.24, 2.45) is 5.92 Å². The van der Waals surface area contributed by atoms with Gasteiger partial charge in [0, 0.05) is 6.54 Å². The number of carboxylic acid groups (broad SMARTS) is 1. The Balaban J connectivity index is 1.86. The van der Waals surface area contributed by atoms with Crippen molar-refractivity contribution in [2.75, 3.05) is 6.54 Å². The molecule has 5 atom stereocenters. The van der Waals surface area contributed by atoms with Crippen molar-refractivity contribution in [2.45, 2.75) is 49.7 Å². The van der Waals surface area contributed by atoms with Crippen LogP contribution in [0.15, 0.2) is 0 Å². The molecule has 5 unspecified atom stereocenters. The highest BCUT2D eigenvalue weighted by Gasteiger charge is 2.60. The zero-order valence-electron chi connectivity index (χ0n) is 11.0. The van der Waals surface area contributed by atoms with E-state index in [0.29, 0.717) is 12.8 Å². The Morgan fingerprint density at radius 2 is 1.81 bits per heavy atom. The van der Waals surface area contributed by atoms with Gasteiger partial charge in [0.1, 0.15) is 6.42 Å². The Morgan fingerprint density at radius 1 is 1.19 bits per heavy atom. The highest BCUT2D eigenvalue weighted by atomic mass is 19.4. The van der Waals surface area contributed by atoms with E-state index < -0.39 is 48.8 Å². The highest BCUT2D eigenvalue weighted by Crippen LogP contribution is 2.46. The monoisotopic (exact) mass is 308 g/mol. The summed E-state index contributed by atoms with van der Waals surface area (Å²) in [6, 6.07) is -2.09. The van der Waals surface area contributed by atoms with Crippen LogP contribution < -0.4 is 0 Å². The zero-order valence-corrected chi connectivity index (χ0v) is 11.0. The molecule has 118 valence electrons. The van der Waals surface area contributed by atoms with Gasteiger partial charge in [0.2, 0.25) is 5.91 Å². The molecule has 9 heteroatoms. The minimum absolute atomic E-state index is 0.0545. The van der Waals surface area contributed by atoms with Gasteiger partial charge in [-0.15, -0.1) is 0 Å². The Kier molecular flexibility index (Phi) is 3.09. The largest absolute Gasteiger partial charge is 0.465 e. The molecule has 2 N–H and O–H groups in total. The lowest BCUT2D eigenvalue weighted by atomic mass is 9.86. The predicted octanol–water partition coefficient (Wildman–Crippen LogP) is 0.651. The normalized spacial score (nSPS) is 38.0. The molecular weight excluding hydrogens is 293 g/mol. The van der Waals surface area contributed by atoms with E-state index in [0.717, 1.165) is 9.80 Å². The number of alkyl halides is 3. The number of aliphatic hydroxyl groups is 1. The van der Waals surface area contributed by atoms with Crippen molar-refractivity contribution >= 4 is 12.0 Å². The van der Waals surface area contributed by atoms with Crippen LogP contribution in [0.3, 0.4) is 0 Å². The van der Waals surface area contributed by atoms with E-state index >= 15 is 0 Å². The average molecular weight is 308 g/mol. The molecule has 0 aromatic heterocycles. The standard InChI is InChI=1S/C12H15F3N2O4/c13-12(14,15)3-8(18)16-4-5-1-6-9(16)10(19)7(2-5)17(6)11(20)21/h5-7,9-10,19H,1-4H2,(H,20,21). The molecule has 3 heterocycles. The lowest BCUT2D eigenvalue weighted by molar-refractivity contribution is -0.166. The summed E-state index contributed by atoms with van der Waals surface area (Å²) in [5, 5.41) is 19.5. The maximum atomic E-state index is 12.4. The molecule has 3 saturated heterocycles. The predicted molar refractivity (Wildman–Crippen MR) is 62.3 cm³/mol. The lowest BCUT2D eigenvalue weighted by Crippen LogP contribution is -2.59. The summed E-state index contributed by atoms with van der Waals surface area (Å²) in [6.45, 7) is 0.164. The van der Waals surface area contributed by atoms with Crippen LogP contribution >= 0.6 is 0 Å². The second kappa shape index (κ2) is 4.49. The SMILES string of the molecule is O=C(CC(F)(F)F)N1CC2CC3C(O)C1C(C2)N3C(=O)O. The Bertz CT molecular complexity index is 484. The summed E-state index contributed by atoms with van der Waals surface area (Å²) in [5.74, 6) is -1.14. The number of nitrogens with zero attached hydrogens (tertiary/aromatic N) is 2. The molecule has 3 bridgehead atoms. The van der Waals surface area contributed by atoms with Gasteiger partial charge in [0.25, 0.3) is 0 Å². The first kappa shape index (κ1) is 14.4. The molecule has 3 aliphatic heterocycles. The fourth-order valence-electron chi connectivity index (χ4n) is 4.08. The molecule has 0 radical (unpaired) electrons. The molecule has 3 rings (SSSR count). The summed E-state index contributed by atoms with van der Waals surface area (Å²) in [5.41, 5.74) is 0. The third-order valence-corrected chi connectivity index (χ3v) is 4.71. The highest BCUT2D eigenvalue weighted by molar-refractivity contribution is 5.78. The molecule has 3 fully saturated rings. The van der Waals surface area contributed by atoms with Crippen molar-refractivity contribution in [1.82, 2.24) is 9.80 Å². The molecule has 2 amide bonds. The lowest BCUT2D eigenvalue weighted by Gasteiger charge is -2.45. The fraction of sp³-hybridized carbons (Fsp3) is 0.833. The Hall–Kier alpha value is -1.51. The summed E-state index contributed by atoms with van der Waals surface area (Å²) < 4.78 is 37.2. The smallest absolute Gasteiger partial charge is 0.407 e. The van der Waals surface area contributed by atoms with Crippen LogP contribution in [0.4, 0.5) is 18.0 Å². The number of halogens is 3. The summed E-state index contributed by atoms with van der Waals surface area (Å²) in [6.07, 6.45) is -7.63. The Morgan fingerprint density at radius 3 is 2.38 bits per heavy atom. The molecule has 0 spiro atoms. The van der Waals surface area contributed by atoms with Crippen molar-refractivity contribution in [3.8, 4) is 0 Å². The van der Waals surface area contributed by atoms with Gasteiger partial charge < -0.3 is 15.1 Å². The van der Waals surface area contributed by atoms with Gasteiger partial charge in [0.15, 0.2) is 0 Å². The number of likely N-dealkylation sites (tertiary alicyclic amines) is 1. The van der Waals surface area contributed by atoms with Gasteiger partial charge >= 0.3 is 12.3 Å². The number of carbonyl (C=O) groups excluding carboxylic acids is 1. The maximum Gasteiger partial charge on any atom is 0.407 e.